The van der Waals surface area contributed by atoms with Crippen molar-refractivity contribution in [1.29, 1.82) is 0 Å². The monoisotopic (exact) mass is 894 g/mol. The quantitative estimate of drug-likeness (QED) is 0.0421. The molecule has 0 aliphatic carbocycles. The maximum absolute atomic E-state index is 12.4. The number of carbonyl (C=O) groups is 1. The number of allylic oxidation sites excluding steroid dienone is 9. The van der Waals surface area contributed by atoms with Gasteiger partial charge in [0.25, 0.3) is 0 Å². The lowest BCUT2D eigenvalue weighted by atomic mass is 10.0. The fourth-order valence-corrected chi connectivity index (χ4v) is 8.70. The van der Waals surface area contributed by atoms with Crippen molar-refractivity contribution in [3.63, 3.8) is 0 Å². The molecule has 0 aromatic carbocycles. The minimum absolute atomic E-state index is 0.0604. The van der Waals surface area contributed by atoms with Crippen molar-refractivity contribution < 1.29 is 15.0 Å². The number of nitrogens with one attached hydrogen (secondary N) is 1. The molecule has 4 nitrogen and oxygen atoms in total. The van der Waals surface area contributed by atoms with Crippen LogP contribution in [0.4, 0.5) is 0 Å². The zero-order chi connectivity index (χ0) is 46.3. The van der Waals surface area contributed by atoms with Crippen molar-refractivity contribution in [2.24, 2.45) is 0 Å². The Hall–Kier alpha value is -1.91. The van der Waals surface area contributed by atoms with E-state index in [4.69, 9.17) is 0 Å². The normalized spacial score (nSPS) is 13.2. The predicted molar refractivity (Wildman–Crippen MR) is 285 cm³/mol. The van der Waals surface area contributed by atoms with E-state index in [-0.39, 0.29) is 12.5 Å². The second-order valence-electron chi connectivity index (χ2n) is 19.3. The van der Waals surface area contributed by atoms with Gasteiger partial charge in [0, 0.05) is 6.42 Å². The maximum atomic E-state index is 12.4. The van der Waals surface area contributed by atoms with Gasteiger partial charge in [-0.25, -0.2) is 0 Å². The zero-order valence-corrected chi connectivity index (χ0v) is 43.1. The molecule has 0 radical (unpaired) electrons. The molecule has 0 aliphatic rings. The number of carbonyl (C=O) groups excluding carboxylic acids is 1. The zero-order valence-electron chi connectivity index (χ0n) is 43.1. The van der Waals surface area contributed by atoms with Gasteiger partial charge in [-0.3, -0.25) is 4.79 Å². The lowest BCUT2D eigenvalue weighted by molar-refractivity contribution is -0.123. The molecule has 0 spiro atoms. The lowest BCUT2D eigenvalue weighted by Crippen LogP contribution is -2.45. The van der Waals surface area contributed by atoms with E-state index in [0.717, 1.165) is 51.4 Å². The Balaban J connectivity index is 3.39. The number of unbranched alkanes of at least 4 members (excludes halogenated alkanes) is 37. The summed E-state index contributed by atoms with van der Waals surface area (Å²) in [6.07, 6.45) is 78.3. The summed E-state index contributed by atoms with van der Waals surface area (Å²) in [5.41, 5.74) is 0. The van der Waals surface area contributed by atoms with Crippen LogP contribution in [0.1, 0.15) is 296 Å². The highest BCUT2D eigenvalue weighted by Gasteiger charge is 2.18. The molecule has 1 amide bonds. The maximum Gasteiger partial charge on any atom is 0.220 e. The second-order valence-corrected chi connectivity index (χ2v) is 19.3. The SMILES string of the molecule is CC/C=C\C/C=C\C/C=C\C/C=C\CCCCCCCCCCCCCCCCCCCCCCCCCCCCC(=O)NC(CO)C(O)/C=C/CCCCCCCCCCCCC. The Morgan fingerprint density at radius 2 is 0.688 bits per heavy atom. The largest absolute Gasteiger partial charge is 0.394 e. The first-order valence-electron chi connectivity index (χ1n) is 28.5. The van der Waals surface area contributed by atoms with Crippen molar-refractivity contribution in [3.8, 4) is 0 Å². The first kappa shape index (κ1) is 62.1. The molecule has 2 unspecified atom stereocenters. The summed E-state index contributed by atoms with van der Waals surface area (Å²) >= 11 is 0. The Morgan fingerprint density at radius 3 is 1.03 bits per heavy atom. The first-order chi connectivity index (χ1) is 31.7. The summed E-state index contributed by atoms with van der Waals surface area (Å²) in [5, 5.41) is 23.1. The molecule has 4 heteroatoms. The van der Waals surface area contributed by atoms with E-state index in [1.54, 1.807) is 6.08 Å². The van der Waals surface area contributed by atoms with Gasteiger partial charge >= 0.3 is 0 Å². The van der Waals surface area contributed by atoms with Gasteiger partial charge in [0.05, 0.1) is 18.8 Å². The van der Waals surface area contributed by atoms with Crippen LogP contribution < -0.4 is 5.32 Å². The molecule has 374 valence electrons. The topological polar surface area (TPSA) is 69.6 Å². The van der Waals surface area contributed by atoms with E-state index in [2.05, 4.69) is 67.8 Å². The highest BCUT2D eigenvalue weighted by Crippen LogP contribution is 2.17. The first-order valence-corrected chi connectivity index (χ1v) is 28.5. The summed E-state index contributed by atoms with van der Waals surface area (Å²) in [4.78, 5) is 12.4. The molecule has 0 fully saturated rings. The van der Waals surface area contributed by atoms with Gasteiger partial charge in [-0.1, -0.05) is 293 Å². The van der Waals surface area contributed by atoms with Gasteiger partial charge in [-0.2, -0.15) is 0 Å². The van der Waals surface area contributed by atoms with E-state index in [1.807, 2.05) is 6.08 Å². The average molecular weight is 895 g/mol. The van der Waals surface area contributed by atoms with Crippen molar-refractivity contribution in [1.82, 2.24) is 5.32 Å². The highest BCUT2D eigenvalue weighted by atomic mass is 16.3. The summed E-state index contributed by atoms with van der Waals surface area (Å²) in [5.74, 6) is -0.0604. The number of hydrogen-bond acceptors (Lipinski definition) is 3. The number of aliphatic hydroxyl groups is 2. The van der Waals surface area contributed by atoms with Crippen molar-refractivity contribution in [3.05, 3.63) is 60.8 Å². The van der Waals surface area contributed by atoms with Gasteiger partial charge in [-0.05, 0) is 57.8 Å². The number of hydrogen-bond donors (Lipinski definition) is 3. The molecule has 64 heavy (non-hydrogen) atoms. The third-order valence-corrected chi connectivity index (χ3v) is 13.0. The highest BCUT2D eigenvalue weighted by molar-refractivity contribution is 5.76. The lowest BCUT2D eigenvalue weighted by Gasteiger charge is -2.20. The standard InChI is InChI=1S/C60H111NO3/c1-3-5-7-9-11-13-15-17-18-19-20-21-22-23-24-25-26-27-28-29-30-31-32-33-34-35-36-37-38-39-40-41-42-44-46-48-50-52-54-56-60(64)61-58(57-62)59(63)55-53-51-49-47-45-43-16-14-12-10-8-6-4-2/h5,7,11,13,17-18,20-21,53,55,58-59,62-63H,3-4,6,8-10,12,14-16,19,22-52,54,56-57H2,1-2H3,(H,61,64)/b7-5-,13-11-,18-17-,21-20-,55-53+. The molecule has 0 aromatic rings. The van der Waals surface area contributed by atoms with E-state index in [0.29, 0.717) is 6.42 Å². The minimum Gasteiger partial charge on any atom is -0.394 e. The number of amides is 1. The molecule has 0 heterocycles. The molecule has 0 rings (SSSR count). The van der Waals surface area contributed by atoms with Crippen LogP contribution in [-0.2, 0) is 4.79 Å². The Morgan fingerprint density at radius 1 is 0.391 bits per heavy atom. The molecule has 0 bridgehead atoms. The van der Waals surface area contributed by atoms with Crippen LogP contribution in [0.5, 0.6) is 0 Å². The second kappa shape index (κ2) is 55.4. The van der Waals surface area contributed by atoms with Crippen LogP contribution in [-0.4, -0.2) is 34.9 Å². The predicted octanol–water partition coefficient (Wildman–Crippen LogP) is 18.8. The van der Waals surface area contributed by atoms with Crippen LogP contribution in [0.15, 0.2) is 60.8 Å². The summed E-state index contributed by atoms with van der Waals surface area (Å²) in [6.45, 7) is 4.20. The van der Waals surface area contributed by atoms with E-state index in [9.17, 15) is 15.0 Å². The summed E-state index contributed by atoms with van der Waals surface area (Å²) in [6, 6.07) is -0.620. The molecule has 2 atom stereocenters. The summed E-state index contributed by atoms with van der Waals surface area (Å²) in [7, 11) is 0. The number of rotatable bonds is 52. The van der Waals surface area contributed by atoms with Crippen LogP contribution >= 0.6 is 0 Å². The average Bonchev–Trinajstić information content (AvgIpc) is 3.30. The molecule has 0 saturated heterocycles. The molecule has 0 aliphatic heterocycles. The smallest absolute Gasteiger partial charge is 0.220 e. The third-order valence-electron chi connectivity index (χ3n) is 13.0. The van der Waals surface area contributed by atoms with Crippen LogP contribution in [0, 0.1) is 0 Å². The van der Waals surface area contributed by atoms with E-state index < -0.39 is 12.1 Å². The van der Waals surface area contributed by atoms with E-state index in [1.165, 1.54) is 225 Å². The van der Waals surface area contributed by atoms with Gasteiger partial charge in [0.15, 0.2) is 0 Å². The van der Waals surface area contributed by atoms with Crippen molar-refractivity contribution in [2.75, 3.05) is 6.61 Å². The fourth-order valence-electron chi connectivity index (χ4n) is 8.70. The van der Waals surface area contributed by atoms with E-state index >= 15 is 0 Å². The van der Waals surface area contributed by atoms with Crippen LogP contribution in [0.25, 0.3) is 0 Å². The van der Waals surface area contributed by atoms with Gasteiger partial charge < -0.3 is 15.5 Å². The molecule has 3 N–H and O–H groups in total. The molecular formula is C60H111NO3. The third kappa shape index (κ3) is 51.1. The van der Waals surface area contributed by atoms with Gasteiger partial charge in [-0.15, -0.1) is 0 Å². The molecule has 0 aromatic heterocycles. The Kier molecular flexibility index (Phi) is 53.8. The molecular weight excluding hydrogens is 783 g/mol. The molecule has 0 saturated carbocycles. The van der Waals surface area contributed by atoms with Crippen LogP contribution in [0.2, 0.25) is 0 Å². The van der Waals surface area contributed by atoms with Crippen LogP contribution in [0.3, 0.4) is 0 Å². The Bertz CT molecular complexity index is 1060. The minimum atomic E-state index is -0.837. The Labute approximate surface area is 400 Å². The van der Waals surface area contributed by atoms with Gasteiger partial charge in [0.2, 0.25) is 5.91 Å². The van der Waals surface area contributed by atoms with Crippen molar-refractivity contribution in [2.45, 2.75) is 309 Å². The summed E-state index contributed by atoms with van der Waals surface area (Å²) < 4.78 is 0. The number of aliphatic hydroxyl groups excluding tert-OH is 2. The van der Waals surface area contributed by atoms with Crippen molar-refractivity contribution >= 4 is 5.91 Å². The van der Waals surface area contributed by atoms with Gasteiger partial charge in [0.1, 0.15) is 0 Å². The fraction of sp³-hybridized carbons (Fsp3) is 0.817.